The van der Waals surface area contributed by atoms with Gasteiger partial charge in [0.15, 0.2) is 5.78 Å². The van der Waals surface area contributed by atoms with Gasteiger partial charge in [0, 0.05) is 11.3 Å². The number of amides is 1. The van der Waals surface area contributed by atoms with Crippen LogP contribution in [-0.4, -0.2) is 30.1 Å². The first-order chi connectivity index (χ1) is 11.1. The summed E-state index contributed by atoms with van der Waals surface area (Å²) >= 11 is 0. The van der Waals surface area contributed by atoms with Crippen molar-refractivity contribution in [1.82, 2.24) is 0 Å². The lowest BCUT2D eigenvalue weighted by molar-refractivity contribution is 0.104. The van der Waals surface area contributed by atoms with Gasteiger partial charge < -0.3 is 9.84 Å². The fraction of sp³-hybridized carbons (Fsp3) is 0.111. The molecule has 0 atom stereocenters. The molecule has 0 aliphatic carbocycles. The third-order valence-corrected chi connectivity index (χ3v) is 3.50. The summed E-state index contributed by atoms with van der Waals surface area (Å²) in [5.74, 6) is -0.0306. The average Bonchev–Trinajstić information content (AvgIpc) is 2.99. The van der Waals surface area contributed by atoms with Crippen LogP contribution in [0.5, 0.6) is 5.75 Å². The number of allylic oxidation sites excluding steroid dienone is 1. The van der Waals surface area contributed by atoms with Crippen molar-refractivity contribution in [3.8, 4) is 5.75 Å². The molecule has 1 aliphatic heterocycles. The molecule has 1 amide bonds. The van der Waals surface area contributed by atoms with E-state index in [0.29, 0.717) is 24.4 Å². The fourth-order valence-corrected chi connectivity index (χ4v) is 2.35. The summed E-state index contributed by atoms with van der Waals surface area (Å²) in [7, 11) is 0. The Kier molecular flexibility index (Phi) is 4.10. The number of aromatic hydroxyl groups is 1. The van der Waals surface area contributed by atoms with Gasteiger partial charge in [-0.1, -0.05) is 30.3 Å². The maximum Gasteiger partial charge on any atom is 0.414 e. The summed E-state index contributed by atoms with van der Waals surface area (Å²) in [6, 6.07) is 13.5. The molecule has 1 saturated heterocycles. The Morgan fingerprint density at radius 2 is 2.00 bits per heavy atom. The third-order valence-electron chi connectivity index (χ3n) is 3.50. The number of rotatable bonds is 4. The highest BCUT2D eigenvalue weighted by molar-refractivity contribution is 6.07. The summed E-state index contributed by atoms with van der Waals surface area (Å²) < 4.78 is 4.90. The van der Waals surface area contributed by atoms with E-state index in [0.717, 1.165) is 5.56 Å². The highest BCUT2D eigenvalue weighted by Crippen LogP contribution is 2.20. The second-order valence-corrected chi connectivity index (χ2v) is 5.11. The number of benzene rings is 2. The van der Waals surface area contributed by atoms with Crippen molar-refractivity contribution in [3.63, 3.8) is 0 Å². The van der Waals surface area contributed by atoms with E-state index in [-0.39, 0.29) is 11.5 Å². The van der Waals surface area contributed by atoms with Gasteiger partial charge in [0.25, 0.3) is 0 Å². The minimum atomic E-state index is -0.398. The van der Waals surface area contributed by atoms with Gasteiger partial charge in [0.2, 0.25) is 0 Å². The molecule has 1 aliphatic rings. The van der Waals surface area contributed by atoms with Crippen LogP contribution in [0.2, 0.25) is 0 Å². The Hall–Kier alpha value is -3.08. The van der Waals surface area contributed by atoms with Crippen LogP contribution in [-0.2, 0) is 4.74 Å². The van der Waals surface area contributed by atoms with Crippen LogP contribution in [0.3, 0.4) is 0 Å². The molecule has 5 heteroatoms. The number of carbonyl (C=O) groups is 2. The van der Waals surface area contributed by atoms with E-state index in [1.165, 1.54) is 11.0 Å². The first-order valence-corrected chi connectivity index (χ1v) is 7.19. The molecule has 0 spiro atoms. The molecule has 116 valence electrons. The maximum absolute atomic E-state index is 12.3. The molecule has 0 radical (unpaired) electrons. The Balaban J connectivity index is 1.78. The van der Waals surface area contributed by atoms with E-state index < -0.39 is 6.09 Å². The first-order valence-electron chi connectivity index (χ1n) is 7.19. The second-order valence-electron chi connectivity index (χ2n) is 5.11. The maximum atomic E-state index is 12.3. The Morgan fingerprint density at radius 1 is 1.17 bits per heavy atom. The van der Waals surface area contributed by atoms with E-state index in [9.17, 15) is 14.7 Å². The van der Waals surface area contributed by atoms with Crippen LogP contribution in [0.15, 0.2) is 54.6 Å². The molecule has 5 nitrogen and oxygen atoms in total. The summed E-state index contributed by atoms with van der Waals surface area (Å²) in [4.78, 5) is 25.3. The fourth-order valence-electron chi connectivity index (χ4n) is 2.35. The van der Waals surface area contributed by atoms with E-state index in [1.54, 1.807) is 54.6 Å². The molecular weight excluding hydrogens is 294 g/mol. The van der Waals surface area contributed by atoms with Crippen molar-refractivity contribution in [2.45, 2.75) is 0 Å². The average molecular weight is 309 g/mol. The minimum absolute atomic E-state index is 0.147. The number of ketones is 1. The standard InChI is InChI=1S/C18H15NO4/c20-16-6-1-3-13(11-16)7-8-17(21)14-4-2-5-15(12-14)19-9-10-23-18(19)22/h1-8,11-12,20H,9-10H2/b8-7+. The number of nitrogens with zero attached hydrogens (tertiary/aromatic N) is 1. The number of anilines is 1. The van der Waals surface area contributed by atoms with Gasteiger partial charge in [-0.3, -0.25) is 9.69 Å². The van der Waals surface area contributed by atoms with E-state index in [2.05, 4.69) is 0 Å². The molecule has 3 rings (SSSR count). The predicted molar refractivity (Wildman–Crippen MR) is 86.6 cm³/mol. The lowest BCUT2D eigenvalue weighted by Gasteiger charge is -2.13. The highest BCUT2D eigenvalue weighted by atomic mass is 16.6. The van der Waals surface area contributed by atoms with Crippen molar-refractivity contribution in [2.75, 3.05) is 18.1 Å². The van der Waals surface area contributed by atoms with Crippen LogP contribution in [0, 0.1) is 0 Å². The van der Waals surface area contributed by atoms with Crippen molar-refractivity contribution in [1.29, 1.82) is 0 Å². The number of phenols is 1. The first kappa shape index (κ1) is 14.8. The topological polar surface area (TPSA) is 66.8 Å². The number of phenolic OH excluding ortho intramolecular Hbond substituents is 1. The van der Waals surface area contributed by atoms with Crippen LogP contribution >= 0.6 is 0 Å². The van der Waals surface area contributed by atoms with Gasteiger partial charge in [-0.2, -0.15) is 0 Å². The summed E-state index contributed by atoms with van der Waals surface area (Å²) in [6.45, 7) is 0.837. The smallest absolute Gasteiger partial charge is 0.414 e. The monoisotopic (exact) mass is 309 g/mol. The van der Waals surface area contributed by atoms with Crippen molar-refractivity contribution in [2.24, 2.45) is 0 Å². The lowest BCUT2D eigenvalue weighted by Crippen LogP contribution is -2.23. The minimum Gasteiger partial charge on any atom is -0.508 e. The molecule has 0 saturated carbocycles. The van der Waals surface area contributed by atoms with Gasteiger partial charge in [0.1, 0.15) is 12.4 Å². The molecular formula is C18H15NO4. The zero-order valence-corrected chi connectivity index (χ0v) is 12.3. The number of hydrogen-bond acceptors (Lipinski definition) is 4. The molecule has 0 unspecified atom stereocenters. The predicted octanol–water partition coefficient (Wildman–Crippen LogP) is 3.24. The third kappa shape index (κ3) is 3.40. The lowest BCUT2D eigenvalue weighted by atomic mass is 10.1. The largest absolute Gasteiger partial charge is 0.508 e. The van der Waals surface area contributed by atoms with Crippen molar-refractivity contribution in [3.05, 3.63) is 65.7 Å². The van der Waals surface area contributed by atoms with Crippen molar-refractivity contribution < 1.29 is 19.4 Å². The Morgan fingerprint density at radius 3 is 2.74 bits per heavy atom. The Labute approximate surface area is 133 Å². The molecule has 23 heavy (non-hydrogen) atoms. The second kappa shape index (κ2) is 6.36. The number of ether oxygens (including phenoxy) is 1. The zero-order valence-electron chi connectivity index (χ0n) is 12.3. The van der Waals surface area contributed by atoms with Crippen LogP contribution < -0.4 is 4.90 Å². The zero-order chi connectivity index (χ0) is 16.2. The summed E-state index contributed by atoms with van der Waals surface area (Å²) in [5.41, 5.74) is 1.86. The van der Waals surface area contributed by atoms with Crippen molar-refractivity contribution >= 4 is 23.6 Å². The Bertz CT molecular complexity index is 782. The summed E-state index contributed by atoms with van der Waals surface area (Å²) in [5, 5.41) is 9.41. The van der Waals surface area contributed by atoms with Gasteiger partial charge in [-0.15, -0.1) is 0 Å². The van der Waals surface area contributed by atoms with Gasteiger partial charge in [-0.05, 0) is 35.9 Å². The molecule has 0 bridgehead atoms. The SMILES string of the molecule is O=C(/C=C/c1cccc(O)c1)c1cccc(N2CCOC2=O)c1. The summed E-state index contributed by atoms with van der Waals surface area (Å²) in [6.07, 6.45) is 2.68. The van der Waals surface area contributed by atoms with Crippen LogP contribution in [0.4, 0.5) is 10.5 Å². The molecule has 2 aromatic rings. The van der Waals surface area contributed by atoms with Crippen LogP contribution in [0.25, 0.3) is 6.08 Å². The van der Waals surface area contributed by atoms with E-state index >= 15 is 0 Å². The number of cyclic esters (lactones) is 1. The van der Waals surface area contributed by atoms with E-state index in [1.807, 2.05) is 0 Å². The number of hydrogen-bond donors (Lipinski definition) is 1. The van der Waals surface area contributed by atoms with Gasteiger partial charge in [-0.25, -0.2) is 4.79 Å². The van der Waals surface area contributed by atoms with E-state index in [4.69, 9.17) is 4.74 Å². The molecule has 1 heterocycles. The van der Waals surface area contributed by atoms with Gasteiger partial charge >= 0.3 is 6.09 Å². The quantitative estimate of drug-likeness (QED) is 0.695. The van der Waals surface area contributed by atoms with Gasteiger partial charge in [0.05, 0.1) is 6.54 Å². The molecule has 0 aromatic heterocycles. The molecule has 2 aromatic carbocycles. The van der Waals surface area contributed by atoms with Crippen LogP contribution in [0.1, 0.15) is 15.9 Å². The molecule has 1 fully saturated rings. The highest BCUT2D eigenvalue weighted by Gasteiger charge is 2.23. The number of carbonyl (C=O) groups excluding carboxylic acids is 2. The molecule has 1 N–H and O–H groups in total. The normalized spacial score (nSPS) is 14.3.